The molecule has 0 aliphatic carbocycles. The Morgan fingerprint density at radius 1 is 1.15 bits per heavy atom. The Hall–Kier alpha value is -3.12. The molecule has 0 aliphatic rings. The molecule has 130 valence electrons. The molecule has 2 aromatic carbocycles. The quantitative estimate of drug-likeness (QED) is 0.507. The first kappa shape index (κ1) is 16.4. The fourth-order valence-corrected chi connectivity index (χ4v) is 3.38. The van der Waals surface area contributed by atoms with Gasteiger partial charge in [0.2, 0.25) is 0 Å². The Labute approximate surface area is 154 Å². The summed E-state index contributed by atoms with van der Waals surface area (Å²) in [5.41, 5.74) is 2.50. The molecule has 0 saturated heterocycles. The zero-order valence-corrected chi connectivity index (χ0v) is 14.9. The smallest absolute Gasteiger partial charge is 0.319 e. The molecule has 26 heavy (non-hydrogen) atoms. The molecule has 1 unspecified atom stereocenters. The second-order valence-electron chi connectivity index (χ2n) is 5.92. The topological polar surface area (TPSA) is 67.2 Å². The summed E-state index contributed by atoms with van der Waals surface area (Å²) in [6, 6.07) is 16.8. The molecular formula is C20H17N3O2S. The third kappa shape index (κ3) is 3.45. The number of carbonyl (C=O) groups excluding carboxylic acids is 1. The number of urea groups is 1. The van der Waals surface area contributed by atoms with Crippen molar-refractivity contribution < 1.29 is 9.21 Å². The van der Waals surface area contributed by atoms with Crippen LogP contribution in [0.3, 0.4) is 0 Å². The van der Waals surface area contributed by atoms with E-state index in [9.17, 15) is 4.79 Å². The van der Waals surface area contributed by atoms with Gasteiger partial charge < -0.3 is 15.1 Å². The Kier molecular flexibility index (Phi) is 4.41. The number of thiazole rings is 1. The van der Waals surface area contributed by atoms with Crippen LogP contribution in [0.1, 0.15) is 18.7 Å². The standard InChI is InChI=1S/C20H17N3O2S/c1-13(18-12-14-5-2-3-8-17(14)25-18)22-20(24)23-16-7-4-6-15(11-16)19-21-9-10-26-19/h2-13H,1H3,(H2,22,23,24). The first-order valence-electron chi connectivity index (χ1n) is 8.25. The van der Waals surface area contributed by atoms with Crippen molar-refractivity contribution in [3.63, 3.8) is 0 Å². The monoisotopic (exact) mass is 363 g/mol. The number of nitrogens with zero attached hydrogens (tertiary/aromatic N) is 1. The molecule has 2 heterocycles. The van der Waals surface area contributed by atoms with E-state index in [-0.39, 0.29) is 12.1 Å². The van der Waals surface area contributed by atoms with E-state index < -0.39 is 0 Å². The van der Waals surface area contributed by atoms with E-state index in [4.69, 9.17) is 4.42 Å². The first-order chi connectivity index (χ1) is 12.7. The molecule has 0 fully saturated rings. The summed E-state index contributed by atoms with van der Waals surface area (Å²) in [6.45, 7) is 1.89. The lowest BCUT2D eigenvalue weighted by atomic mass is 10.2. The van der Waals surface area contributed by atoms with E-state index in [0.717, 1.165) is 27.3 Å². The predicted octanol–water partition coefficient (Wildman–Crippen LogP) is 5.44. The third-order valence-corrected chi connectivity index (χ3v) is 4.84. The largest absolute Gasteiger partial charge is 0.459 e. The predicted molar refractivity (Wildman–Crippen MR) is 104 cm³/mol. The van der Waals surface area contributed by atoms with E-state index in [1.807, 2.05) is 66.9 Å². The molecule has 4 aromatic rings. The lowest BCUT2D eigenvalue weighted by Crippen LogP contribution is -2.30. The molecule has 0 aliphatic heterocycles. The number of hydrogen-bond donors (Lipinski definition) is 2. The minimum atomic E-state index is -0.283. The summed E-state index contributed by atoms with van der Waals surface area (Å²) in [5.74, 6) is 0.720. The highest BCUT2D eigenvalue weighted by Gasteiger charge is 2.14. The minimum absolute atomic E-state index is 0.246. The molecule has 2 N–H and O–H groups in total. The number of nitrogens with one attached hydrogen (secondary N) is 2. The number of anilines is 1. The highest BCUT2D eigenvalue weighted by molar-refractivity contribution is 7.13. The summed E-state index contributed by atoms with van der Waals surface area (Å²) in [6.07, 6.45) is 1.77. The Morgan fingerprint density at radius 3 is 2.85 bits per heavy atom. The lowest BCUT2D eigenvalue weighted by Gasteiger charge is -2.13. The number of amides is 2. The van der Waals surface area contributed by atoms with Crippen LogP contribution in [-0.2, 0) is 0 Å². The summed E-state index contributed by atoms with van der Waals surface area (Å²) in [7, 11) is 0. The SMILES string of the molecule is CC(NC(=O)Nc1cccc(-c2nccs2)c1)c1cc2ccccc2o1. The van der Waals surface area contributed by atoms with Crippen LogP contribution in [0.25, 0.3) is 21.5 Å². The molecule has 0 radical (unpaired) electrons. The number of fused-ring (bicyclic) bond motifs is 1. The molecule has 0 spiro atoms. The van der Waals surface area contributed by atoms with Crippen LogP contribution in [0.5, 0.6) is 0 Å². The van der Waals surface area contributed by atoms with E-state index in [0.29, 0.717) is 5.69 Å². The van der Waals surface area contributed by atoms with Gasteiger partial charge in [-0.15, -0.1) is 11.3 Å². The van der Waals surface area contributed by atoms with Crippen LogP contribution < -0.4 is 10.6 Å². The maximum Gasteiger partial charge on any atom is 0.319 e. The van der Waals surface area contributed by atoms with Gasteiger partial charge in [-0.2, -0.15) is 0 Å². The number of aromatic nitrogens is 1. The van der Waals surface area contributed by atoms with Crippen LogP contribution in [0.15, 0.2) is 70.6 Å². The van der Waals surface area contributed by atoms with Gasteiger partial charge in [0.05, 0.1) is 6.04 Å². The zero-order valence-electron chi connectivity index (χ0n) is 14.1. The van der Waals surface area contributed by atoms with Crippen molar-refractivity contribution >= 4 is 34.0 Å². The first-order valence-corrected chi connectivity index (χ1v) is 9.13. The van der Waals surface area contributed by atoms with Crippen molar-refractivity contribution in [2.45, 2.75) is 13.0 Å². The maximum atomic E-state index is 12.3. The van der Waals surface area contributed by atoms with Gasteiger partial charge >= 0.3 is 6.03 Å². The van der Waals surface area contributed by atoms with Crippen molar-refractivity contribution in [3.05, 3.63) is 71.9 Å². The van der Waals surface area contributed by atoms with Crippen molar-refractivity contribution in [1.29, 1.82) is 0 Å². The fraction of sp³-hybridized carbons (Fsp3) is 0.100. The van der Waals surface area contributed by atoms with E-state index >= 15 is 0 Å². The molecule has 1 atom stereocenters. The summed E-state index contributed by atoms with van der Waals surface area (Å²) in [4.78, 5) is 16.6. The van der Waals surface area contributed by atoms with Gasteiger partial charge in [0, 0.05) is 28.2 Å². The second kappa shape index (κ2) is 7.01. The van der Waals surface area contributed by atoms with Gasteiger partial charge in [0.25, 0.3) is 0 Å². The molecule has 0 bridgehead atoms. The Bertz CT molecular complexity index is 1010. The van der Waals surface area contributed by atoms with Crippen molar-refractivity contribution in [3.8, 4) is 10.6 Å². The number of para-hydroxylation sites is 1. The number of rotatable bonds is 4. The summed E-state index contributed by atoms with van der Waals surface area (Å²) in [5, 5.41) is 9.64. The molecular weight excluding hydrogens is 346 g/mol. The van der Waals surface area contributed by atoms with Crippen molar-refractivity contribution in [2.75, 3.05) is 5.32 Å². The molecule has 6 heteroatoms. The normalized spacial score (nSPS) is 12.0. The molecule has 0 saturated carbocycles. The highest BCUT2D eigenvalue weighted by Crippen LogP contribution is 2.25. The van der Waals surface area contributed by atoms with Crippen LogP contribution >= 0.6 is 11.3 Å². The molecule has 4 rings (SSSR count). The molecule has 2 amide bonds. The zero-order chi connectivity index (χ0) is 17.9. The number of hydrogen-bond acceptors (Lipinski definition) is 4. The van der Waals surface area contributed by atoms with Crippen LogP contribution in [0, 0.1) is 0 Å². The van der Waals surface area contributed by atoms with Gasteiger partial charge in [-0.05, 0) is 31.2 Å². The maximum absolute atomic E-state index is 12.3. The highest BCUT2D eigenvalue weighted by atomic mass is 32.1. The number of carbonyl (C=O) groups is 1. The Balaban J connectivity index is 1.44. The average Bonchev–Trinajstić information content (AvgIpc) is 3.31. The van der Waals surface area contributed by atoms with Gasteiger partial charge in [-0.1, -0.05) is 30.3 Å². The minimum Gasteiger partial charge on any atom is -0.459 e. The van der Waals surface area contributed by atoms with Crippen LogP contribution in [-0.4, -0.2) is 11.0 Å². The van der Waals surface area contributed by atoms with Gasteiger partial charge in [0.1, 0.15) is 16.4 Å². The van der Waals surface area contributed by atoms with Crippen molar-refractivity contribution in [1.82, 2.24) is 10.3 Å². The van der Waals surface area contributed by atoms with E-state index in [2.05, 4.69) is 15.6 Å². The van der Waals surface area contributed by atoms with E-state index in [1.165, 1.54) is 0 Å². The van der Waals surface area contributed by atoms with Crippen molar-refractivity contribution in [2.24, 2.45) is 0 Å². The van der Waals surface area contributed by atoms with Gasteiger partial charge in [-0.3, -0.25) is 0 Å². The molecule has 5 nitrogen and oxygen atoms in total. The fourth-order valence-electron chi connectivity index (χ4n) is 2.75. The van der Waals surface area contributed by atoms with Crippen LogP contribution in [0.4, 0.5) is 10.5 Å². The summed E-state index contributed by atoms with van der Waals surface area (Å²) < 4.78 is 5.80. The second-order valence-corrected chi connectivity index (χ2v) is 6.82. The van der Waals surface area contributed by atoms with Crippen LogP contribution in [0.2, 0.25) is 0 Å². The molecule has 2 aromatic heterocycles. The Morgan fingerprint density at radius 2 is 2.04 bits per heavy atom. The average molecular weight is 363 g/mol. The third-order valence-electron chi connectivity index (χ3n) is 4.02. The number of furan rings is 1. The number of benzene rings is 2. The van der Waals surface area contributed by atoms with E-state index in [1.54, 1.807) is 17.5 Å². The lowest BCUT2D eigenvalue weighted by molar-refractivity contribution is 0.248. The summed E-state index contributed by atoms with van der Waals surface area (Å²) >= 11 is 1.56. The van der Waals surface area contributed by atoms with Gasteiger partial charge in [-0.25, -0.2) is 9.78 Å². The van der Waals surface area contributed by atoms with Gasteiger partial charge in [0.15, 0.2) is 0 Å².